The van der Waals surface area contributed by atoms with E-state index in [0.717, 1.165) is 115 Å². The molecule has 0 saturated carbocycles. The molecule has 12 heteroatoms. The summed E-state index contributed by atoms with van der Waals surface area (Å²) in [5, 5.41) is 44.1. The summed E-state index contributed by atoms with van der Waals surface area (Å²) in [5.74, 6) is 1.51. The van der Waals surface area contributed by atoms with Gasteiger partial charge in [-0.1, -0.05) is 205 Å². The smallest absolute Gasteiger partial charge is 0.190 e. The summed E-state index contributed by atoms with van der Waals surface area (Å²) >= 11 is 2.85. The molecule has 1 saturated heterocycles. The molecule has 0 aromatic carbocycles. The van der Waals surface area contributed by atoms with Crippen LogP contribution in [0.25, 0.3) is 0 Å². The second-order valence-corrected chi connectivity index (χ2v) is 23.3. The minimum atomic E-state index is -0.433. The van der Waals surface area contributed by atoms with Crippen LogP contribution in [-0.2, 0) is 9.59 Å². The van der Waals surface area contributed by atoms with Gasteiger partial charge in [0.1, 0.15) is 0 Å². The molecular formula is C56H112N4O6S2. The zero-order chi connectivity index (χ0) is 50.0. The fourth-order valence-electron chi connectivity index (χ4n) is 9.80. The Hall–Kier alpha value is -0.280. The Morgan fingerprint density at radius 2 is 0.691 bits per heavy atom. The SMILES string of the molecule is CCCCCCCCC(O)CN(CCC(=O)SCCN1CC(C)N(CCSC(=O)CCN(CC(O)CCCCCCCC)CC(O)CCCCCCCC)CC1C)CC(O)CCCCCCCC. The molecule has 1 fully saturated rings. The first-order chi connectivity index (χ1) is 32.9. The Morgan fingerprint density at radius 1 is 0.441 bits per heavy atom. The maximum atomic E-state index is 13.2. The van der Waals surface area contributed by atoms with Crippen molar-refractivity contribution in [2.24, 2.45) is 0 Å². The normalized spacial score (nSPS) is 17.9. The number of hydrogen-bond donors (Lipinski definition) is 4. The topological polar surface area (TPSA) is 128 Å². The molecule has 404 valence electrons. The van der Waals surface area contributed by atoms with Gasteiger partial charge in [-0.2, -0.15) is 0 Å². The third-order valence-electron chi connectivity index (χ3n) is 14.2. The second-order valence-electron chi connectivity index (χ2n) is 21.0. The Kier molecular flexibility index (Phi) is 43.8. The number of rotatable bonds is 48. The van der Waals surface area contributed by atoms with E-state index in [1.807, 2.05) is 0 Å². The first kappa shape index (κ1) is 65.7. The van der Waals surface area contributed by atoms with Crippen LogP contribution in [-0.4, -0.2) is 164 Å². The summed E-state index contributed by atoms with van der Waals surface area (Å²) in [6, 6.07) is 0.719. The van der Waals surface area contributed by atoms with Crippen molar-refractivity contribution in [2.45, 2.75) is 271 Å². The van der Waals surface area contributed by atoms with Crippen LogP contribution >= 0.6 is 23.5 Å². The standard InChI is InChI=1S/C56H112N4O6S2/c1-7-11-15-19-23-27-31-51(61)45-57(46-52(62)32-28-24-20-16-12-8-2)37-35-55(65)67-41-39-59-43-50(6)60(44-49(59)5)40-42-68-56(66)36-38-58(47-53(63)33-29-25-21-17-13-9-3)48-54(64)34-30-26-22-18-14-10-4/h49-54,61-64H,7-48H2,1-6H3. The van der Waals surface area contributed by atoms with Crippen molar-refractivity contribution in [3.8, 4) is 0 Å². The summed E-state index contributed by atoms with van der Waals surface area (Å²) < 4.78 is 0. The lowest BCUT2D eigenvalue weighted by Gasteiger charge is -2.44. The minimum absolute atomic E-state index is 0.184. The highest BCUT2D eigenvalue weighted by Gasteiger charge is 2.29. The van der Waals surface area contributed by atoms with Gasteiger partial charge in [-0.25, -0.2) is 0 Å². The fourth-order valence-corrected chi connectivity index (χ4v) is 11.4. The van der Waals surface area contributed by atoms with E-state index < -0.39 is 24.4 Å². The van der Waals surface area contributed by atoms with Gasteiger partial charge in [0, 0.05) is 102 Å². The highest BCUT2D eigenvalue weighted by atomic mass is 32.2. The number of hydrogen-bond acceptors (Lipinski definition) is 12. The molecule has 0 aromatic heterocycles. The van der Waals surface area contributed by atoms with Crippen LogP contribution in [0.5, 0.6) is 0 Å². The van der Waals surface area contributed by atoms with Crippen LogP contribution in [0.1, 0.15) is 234 Å². The van der Waals surface area contributed by atoms with Crippen LogP contribution in [0.4, 0.5) is 0 Å². The molecular weight excluding hydrogens is 889 g/mol. The van der Waals surface area contributed by atoms with Gasteiger partial charge in [-0.05, 0) is 39.5 Å². The maximum absolute atomic E-state index is 13.2. The van der Waals surface area contributed by atoms with Crippen LogP contribution in [0, 0.1) is 0 Å². The van der Waals surface area contributed by atoms with Crippen molar-refractivity contribution >= 4 is 33.8 Å². The van der Waals surface area contributed by atoms with Crippen molar-refractivity contribution in [1.82, 2.24) is 19.6 Å². The Bertz CT molecular complexity index is 1030. The first-order valence-electron chi connectivity index (χ1n) is 28.9. The number of aliphatic hydroxyl groups excluding tert-OH is 4. The van der Waals surface area contributed by atoms with E-state index in [0.29, 0.717) is 64.2 Å². The van der Waals surface area contributed by atoms with E-state index in [1.165, 1.54) is 126 Å². The minimum Gasteiger partial charge on any atom is -0.392 e. The highest BCUT2D eigenvalue weighted by molar-refractivity contribution is 8.13. The van der Waals surface area contributed by atoms with E-state index >= 15 is 0 Å². The molecule has 6 atom stereocenters. The van der Waals surface area contributed by atoms with Gasteiger partial charge >= 0.3 is 0 Å². The summed E-state index contributed by atoms with van der Waals surface area (Å²) in [4.78, 5) is 35.6. The van der Waals surface area contributed by atoms with Gasteiger partial charge in [0.05, 0.1) is 24.4 Å². The molecule has 4 N–H and O–H groups in total. The average Bonchev–Trinajstić information content (AvgIpc) is 3.30. The number of carbonyl (C=O) groups excluding carboxylic acids is 2. The van der Waals surface area contributed by atoms with Gasteiger partial charge in [0.15, 0.2) is 10.2 Å². The summed E-state index contributed by atoms with van der Waals surface area (Å²) in [7, 11) is 0. The van der Waals surface area contributed by atoms with Crippen molar-refractivity contribution < 1.29 is 30.0 Å². The molecule has 1 heterocycles. The van der Waals surface area contributed by atoms with Crippen molar-refractivity contribution in [1.29, 1.82) is 0 Å². The first-order valence-corrected chi connectivity index (χ1v) is 30.8. The molecule has 10 nitrogen and oxygen atoms in total. The number of piperazine rings is 1. The Labute approximate surface area is 429 Å². The molecule has 0 amide bonds. The quantitative estimate of drug-likeness (QED) is 0.0433. The molecule has 0 spiro atoms. The molecule has 1 aliphatic heterocycles. The predicted octanol–water partition coefficient (Wildman–Crippen LogP) is 11.7. The lowest BCUT2D eigenvalue weighted by Crippen LogP contribution is -2.57. The van der Waals surface area contributed by atoms with Crippen molar-refractivity contribution in [3.05, 3.63) is 0 Å². The summed E-state index contributed by atoms with van der Waals surface area (Å²) in [6.45, 7) is 20.3. The molecule has 0 bridgehead atoms. The van der Waals surface area contributed by atoms with E-state index in [9.17, 15) is 30.0 Å². The van der Waals surface area contributed by atoms with Crippen molar-refractivity contribution in [3.63, 3.8) is 0 Å². The molecule has 0 aromatic rings. The van der Waals surface area contributed by atoms with E-state index in [4.69, 9.17) is 0 Å². The number of aliphatic hydroxyl groups is 4. The molecule has 0 radical (unpaired) electrons. The van der Waals surface area contributed by atoms with E-state index in [1.54, 1.807) is 0 Å². The summed E-state index contributed by atoms with van der Waals surface area (Å²) in [6.07, 6.45) is 30.9. The van der Waals surface area contributed by atoms with Gasteiger partial charge in [-0.3, -0.25) is 29.2 Å². The second kappa shape index (κ2) is 45.3. The monoisotopic (exact) mass is 1000 g/mol. The highest BCUT2D eigenvalue weighted by Crippen LogP contribution is 2.20. The number of unbranched alkanes of at least 4 members (excludes halogenated alkanes) is 20. The number of nitrogens with zero attached hydrogens (tertiary/aromatic N) is 4. The predicted molar refractivity (Wildman–Crippen MR) is 295 cm³/mol. The fraction of sp³-hybridized carbons (Fsp3) is 0.964. The van der Waals surface area contributed by atoms with Crippen LogP contribution in [0.3, 0.4) is 0 Å². The molecule has 1 aliphatic rings. The van der Waals surface area contributed by atoms with Gasteiger partial charge in [0.2, 0.25) is 0 Å². The molecule has 68 heavy (non-hydrogen) atoms. The third kappa shape index (κ3) is 37.5. The lowest BCUT2D eigenvalue weighted by molar-refractivity contribution is -0.112. The number of carbonyl (C=O) groups is 2. The van der Waals surface area contributed by atoms with Crippen LogP contribution in [0.15, 0.2) is 0 Å². The zero-order valence-corrected chi connectivity index (χ0v) is 47.0. The molecule has 0 aliphatic carbocycles. The third-order valence-corrected chi connectivity index (χ3v) is 16.1. The Morgan fingerprint density at radius 3 is 0.956 bits per heavy atom. The van der Waals surface area contributed by atoms with Gasteiger partial charge in [0.25, 0.3) is 0 Å². The van der Waals surface area contributed by atoms with Crippen LogP contribution in [0.2, 0.25) is 0 Å². The average molecular weight is 1000 g/mol. The Balaban J connectivity index is 2.54. The van der Waals surface area contributed by atoms with Gasteiger partial charge < -0.3 is 20.4 Å². The van der Waals surface area contributed by atoms with Crippen molar-refractivity contribution in [2.75, 3.05) is 77.0 Å². The molecule has 1 rings (SSSR count). The van der Waals surface area contributed by atoms with Gasteiger partial charge in [-0.15, -0.1) is 0 Å². The zero-order valence-electron chi connectivity index (χ0n) is 45.4. The molecule has 6 unspecified atom stereocenters. The number of thioether (sulfide) groups is 2. The van der Waals surface area contributed by atoms with E-state index in [-0.39, 0.29) is 10.2 Å². The summed E-state index contributed by atoms with van der Waals surface area (Å²) in [5.41, 5.74) is 0. The lowest BCUT2D eigenvalue weighted by atomic mass is 10.1. The largest absolute Gasteiger partial charge is 0.392 e. The van der Waals surface area contributed by atoms with Crippen LogP contribution < -0.4 is 0 Å². The maximum Gasteiger partial charge on any atom is 0.190 e. The van der Waals surface area contributed by atoms with E-state index in [2.05, 4.69) is 61.1 Å².